The van der Waals surface area contributed by atoms with Gasteiger partial charge in [-0.2, -0.15) is 0 Å². The minimum absolute atomic E-state index is 0.819. The van der Waals surface area contributed by atoms with Crippen molar-refractivity contribution in [2.75, 3.05) is 46.3 Å². The first-order chi connectivity index (χ1) is 12.8. The van der Waals surface area contributed by atoms with Crippen LogP contribution in [0.2, 0.25) is 0 Å². The molecule has 7 nitrogen and oxygen atoms in total. The zero-order valence-electron chi connectivity index (χ0n) is 15.7. The molecule has 0 unspecified atom stereocenters. The second-order valence-corrected chi connectivity index (χ2v) is 8.00. The number of halogens is 1. The molecule has 0 bridgehead atoms. The lowest BCUT2D eigenvalue weighted by molar-refractivity contribution is -0.159. The average Bonchev–Trinajstić information content (AvgIpc) is 2.65. The summed E-state index contributed by atoms with van der Waals surface area (Å²) >= 11 is 3.50. The fourth-order valence-corrected chi connectivity index (χ4v) is 3.74. The van der Waals surface area contributed by atoms with Crippen LogP contribution < -0.4 is 0 Å². The van der Waals surface area contributed by atoms with E-state index in [0.29, 0.717) is 0 Å². The Morgan fingerprint density at radius 1 is 0.963 bits per heavy atom. The van der Waals surface area contributed by atoms with E-state index in [1.807, 2.05) is 0 Å². The molecule has 0 atom stereocenters. The van der Waals surface area contributed by atoms with Crippen molar-refractivity contribution in [3.8, 4) is 0 Å². The Morgan fingerprint density at radius 2 is 1.48 bits per heavy atom. The van der Waals surface area contributed by atoms with Crippen molar-refractivity contribution in [2.45, 2.75) is 25.4 Å². The van der Waals surface area contributed by atoms with Crippen LogP contribution in [0, 0.1) is 0 Å². The van der Waals surface area contributed by atoms with Gasteiger partial charge in [-0.1, -0.05) is 28.1 Å². The van der Waals surface area contributed by atoms with Gasteiger partial charge in [0.05, 0.1) is 0 Å². The smallest absolute Gasteiger partial charge is 0.414 e. The van der Waals surface area contributed by atoms with E-state index in [0.717, 1.165) is 12.6 Å². The predicted molar refractivity (Wildman–Crippen MR) is 107 cm³/mol. The van der Waals surface area contributed by atoms with Gasteiger partial charge in [-0.05, 0) is 50.7 Å². The average molecular weight is 442 g/mol. The highest BCUT2D eigenvalue weighted by Crippen LogP contribution is 2.20. The van der Waals surface area contributed by atoms with Gasteiger partial charge in [-0.25, -0.2) is 9.59 Å². The van der Waals surface area contributed by atoms with E-state index in [-0.39, 0.29) is 0 Å². The highest BCUT2D eigenvalue weighted by atomic mass is 79.9. The number of aliphatic carboxylic acids is 2. The molecule has 0 saturated carbocycles. The van der Waals surface area contributed by atoms with Crippen molar-refractivity contribution >= 4 is 27.9 Å². The molecule has 2 saturated heterocycles. The van der Waals surface area contributed by atoms with Gasteiger partial charge in [-0.15, -0.1) is 0 Å². The molecule has 2 aliphatic rings. The maximum atomic E-state index is 9.10. The SMILES string of the molecule is CN1CCN(C2CCN(Cc3ccc(Br)cc3)CC2)CC1.O=C(O)C(=O)O. The van der Waals surface area contributed by atoms with E-state index in [4.69, 9.17) is 19.8 Å². The number of rotatable bonds is 3. The third-order valence-electron chi connectivity index (χ3n) is 5.11. The normalized spacial score (nSPS) is 19.9. The molecule has 150 valence electrons. The molecular weight excluding hydrogens is 414 g/mol. The third kappa shape index (κ3) is 7.57. The fourth-order valence-electron chi connectivity index (χ4n) is 3.48. The summed E-state index contributed by atoms with van der Waals surface area (Å²) < 4.78 is 1.17. The minimum atomic E-state index is -1.82. The number of carbonyl (C=O) groups is 2. The highest BCUT2D eigenvalue weighted by molar-refractivity contribution is 9.10. The lowest BCUT2D eigenvalue weighted by Crippen LogP contribution is -2.52. The van der Waals surface area contributed by atoms with E-state index < -0.39 is 11.9 Å². The first kappa shape index (κ1) is 21.8. The van der Waals surface area contributed by atoms with E-state index in [1.165, 1.54) is 62.1 Å². The van der Waals surface area contributed by atoms with Gasteiger partial charge in [-0.3, -0.25) is 9.80 Å². The molecule has 3 rings (SSSR count). The van der Waals surface area contributed by atoms with E-state index in [9.17, 15) is 0 Å². The van der Waals surface area contributed by atoms with Crippen LogP contribution in [0.5, 0.6) is 0 Å². The Bertz CT molecular complexity index is 598. The topological polar surface area (TPSA) is 84.3 Å². The molecule has 2 heterocycles. The summed E-state index contributed by atoms with van der Waals surface area (Å²) in [5.74, 6) is -3.65. The van der Waals surface area contributed by atoms with Gasteiger partial charge in [0.1, 0.15) is 0 Å². The summed E-state index contributed by atoms with van der Waals surface area (Å²) in [6.07, 6.45) is 2.67. The number of carboxylic acids is 2. The largest absolute Gasteiger partial charge is 0.473 e. The Balaban J connectivity index is 0.000000380. The highest BCUT2D eigenvalue weighted by Gasteiger charge is 2.26. The van der Waals surface area contributed by atoms with Crippen molar-refractivity contribution in [3.63, 3.8) is 0 Å². The monoisotopic (exact) mass is 441 g/mol. The molecule has 1 aromatic rings. The van der Waals surface area contributed by atoms with E-state index >= 15 is 0 Å². The lowest BCUT2D eigenvalue weighted by atomic mass is 10.0. The summed E-state index contributed by atoms with van der Waals surface area (Å²) in [4.78, 5) is 26.0. The molecule has 2 fully saturated rings. The van der Waals surface area contributed by atoms with Crippen LogP contribution in [0.3, 0.4) is 0 Å². The number of likely N-dealkylation sites (tertiary alicyclic amines) is 1. The number of piperidine rings is 1. The summed E-state index contributed by atoms with van der Waals surface area (Å²) in [5.41, 5.74) is 1.43. The Morgan fingerprint density at radius 3 is 1.96 bits per heavy atom. The molecule has 0 amide bonds. The second-order valence-electron chi connectivity index (χ2n) is 7.08. The second kappa shape index (κ2) is 10.8. The summed E-state index contributed by atoms with van der Waals surface area (Å²) in [6, 6.07) is 9.58. The third-order valence-corrected chi connectivity index (χ3v) is 5.64. The van der Waals surface area contributed by atoms with Crippen LogP contribution in [0.25, 0.3) is 0 Å². The minimum Gasteiger partial charge on any atom is -0.473 e. The maximum Gasteiger partial charge on any atom is 0.414 e. The molecule has 1 aromatic carbocycles. The number of nitrogens with zero attached hydrogens (tertiary/aromatic N) is 3. The van der Waals surface area contributed by atoms with Gasteiger partial charge in [0, 0.05) is 43.2 Å². The standard InChI is InChI=1S/C17H26BrN3.C2H2O4/c1-19-10-12-21(13-11-19)17-6-8-20(9-7-17)14-15-2-4-16(18)5-3-15;3-1(4)2(5)6/h2-5,17H,6-14H2,1H3;(H,3,4)(H,5,6). The maximum absolute atomic E-state index is 9.10. The van der Waals surface area contributed by atoms with Crippen molar-refractivity contribution < 1.29 is 19.8 Å². The van der Waals surface area contributed by atoms with Gasteiger partial charge in [0.25, 0.3) is 0 Å². The lowest BCUT2D eigenvalue weighted by Gasteiger charge is -2.42. The number of likely N-dealkylation sites (N-methyl/N-ethyl adjacent to an activating group) is 1. The molecule has 2 aliphatic heterocycles. The van der Waals surface area contributed by atoms with Gasteiger partial charge < -0.3 is 15.1 Å². The molecule has 0 radical (unpaired) electrons. The molecule has 0 aromatic heterocycles. The van der Waals surface area contributed by atoms with Crippen molar-refractivity contribution in [3.05, 3.63) is 34.3 Å². The van der Waals surface area contributed by atoms with Crippen LogP contribution in [-0.2, 0) is 16.1 Å². The number of benzene rings is 1. The predicted octanol–water partition coefficient (Wildman–Crippen LogP) is 1.82. The van der Waals surface area contributed by atoms with Crippen LogP contribution in [-0.4, -0.2) is 89.2 Å². The Hall–Kier alpha value is -1.48. The Labute approximate surface area is 168 Å². The zero-order chi connectivity index (χ0) is 19.8. The van der Waals surface area contributed by atoms with Crippen LogP contribution >= 0.6 is 15.9 Å². The van der Waals surface area contributed by atoms with Crippen molar-refractivity contribution in [1.29, 1.82) is 0 Å². The zero-order valence-corrected chi connectivity index (χ0v) is 17.3. The molecule has 2 N–H and O–H groups in total. The molecule has 27 heavy (non-hydrogen) atoms. The quantitative estimate of drug-likeness (QED) is 0.691. The summed E-state index contributed by atoms with van der Waals surface area (Å²) in [7, 11) is 2.23. The molecule has 8 heteroatoms. The van der Waals surface area contributed by atoms with Crippen LogP contribution in [0.15, 0.2) is 28.7 Å². The van der Waals surface area contributed by atoms with Crippen LogP contribution in [0.4, 0.5) is 0 Å². The number of hydrogen-bond donors (Lipinski definition) is 2. The summed E-state index contributed by atoms with van der Waals surface area (Å²) in [5, 5.41) is 14.8. The van der Waals surface area contributed by atoms with Crippen molar-refractivity contribution in [1.82, 2.24) is 14.7 Å². The number of piperazine rings is 1. The van der Waals surface area contributed by atoms with Crippen molar-refractivity contribution in [2.24, 2.45) is 0 Å². The fraction of sp³-hybridized carbons (Fsp3) is 0.579. The van der Waals surface area contributed by atoms with Gasteiger partial charge in [0.15, 0.2) is 0 Å². The molecule has 0 spiro atoms. The number of hydrogen-bond acceptors (Lipinski definition) is 5. The van der Waals surface area contributed by atoms with Gasteiger partial charge in [0.2, 0.25) is 0 Å². The first-order valence-electron chi connectivity index (χ1n) is 9.20. The molecule has 0 aliphatic carbocycles. The first-order valence-corrected chi connectivity index (χ1v) is 10.00. The number of carboxylic acid groups (broad SMARTS) is 2. The van der Waals surface area contributed by atoms with Crippen LogP contribution in [0.1, 0.15) is 18.4 Å². The molecular formula is C19H28BrN3O4. The Kier molecular flexibility index (Phi) is 8.69. The van der Waals surface area contributed by atoms with E-state index in [1.54, 1.807) is 0 Å². The summed E-state index contributed by atoms with van der Waals surface area (Å²) in [6.45, 7) is 8.57. The van der Waals surface area contributed by atoms with E-state index in [2.05, 4.69) is 61.9 Å². The van der Waals surface area contributed by atoms with Gasteiger partial charge >= 0.3 is 11.9 Å².